The number of benzene rings is 2. The molecule has 0 aliphatic heterocycles. The van der Waals surface area contributed by atoms with Gasteiger partial charge in [-0.05, 0) is 24.3 Å². The van der Waals surface area contributed by atoms with Crippen LogP contribution < -0.4 is 0 Å². The topological polar surface area (TPSA) is 28.9 Å². The monoisotopic (exact) mass is 259 g/mol. The van der Waals surface area contributed by atoms with Crippen LogP contribution in [0.5, 0.6) is 0 Å². The molecule has 0 aliphatic carbocycles. The average Bonchev–Trinajstić information content (AvgIpc) is 3.03. The van der Waals surface area contributed by atoms with Crippen LogP contribution in [0.2, 0.25) is 0 Å². The summed E-state index contributed by atoms with van der Waals surface area (Å²) in [5.41, 5.74) is 4.09. The molecule has 0 amide bonds. The summed E-state index contributed by atoms with van der Waals surface area (Å²) < 4.78 is 6.01. The smallest absolute Gasteiger partial charge is 0.145 e. The van der Waals surface area contributed by atoms with Gasteiger partial charge in [-0.1, -0.05) is 37.4 Å². The van der Waals surface area contributed by atoms with Crippen LogP contribution in [-0.4, -0.2) is 4.98 Å². The fourth-order valence-corrected chi connectivity index (χ4v) is 2.89. The molecule has 4 rings (SSSR count). The summed E-state index contributed by atoms with van der Waals surface area (Å²) in [5.74, 6) is 0.771. The molecule has 0 atom stereocenters. The van der Waals surface area contributed by atoms with E-state index in [0.717, 1.165) is 38.7 Å². The van der Waals surface area contributed by atoms with Crippen molar-refractivity contribution in [3.05, 3.63) is 60.9 Å². The SMILES string of the molecule is C=Cc1oc2c(ccc3[nH]c4ccccc4c32)c1C=C. The second kappa shape index (κ2) is 3.87. The fraction of sp³-hybridized carbons (Fsp3) is 0. The Labute approximate surface area is 116 Å². The van der Waals surface area contributed by atoms with Crippen molar-refractivity contribution in [2.24, 2.45) is 0 Å². The van der Waals surface area contributed by atoms with Crippen molar-refractivity contribution in [2.45, 2.75) is 0 Å². The van der Waals surface area contributed by atoms with E-state index in [9.17, 15) is 0 Å². The molecule has 0 bridgehead atoms. The third-order valence-electron chi connectivity index (χ3n) is 3.78. The maximum Gasteiger partial charge on any atom is 0.145 e. The van der Waals surface area contributed by atoms with Crippen molar-refractivity contribution >= 4 is 44.9 Å². The van der Waals surface area contributed by atoms with Crippen molar-refractivity contribution in [2.75, 3.05) is 0 Å². The Kier molecular flexibility index (Phi) is 2.15. The number of fused-ring (bicyclic) bond motifs is 5. The number of H-pyrrole nitrogens is 1. The van der Waals surface area contributed by atoms with E-state index in [4.69, 9.17) is 4.42 Å². The highest BCUT2D eigenvalue weighted by Gasteiger charge is 2.15. The lowest BCUT2D eigenvalue weighted by Gasteiger charge is -1.93. The van der Waals surface area contributed by atoms with Gasteiger partial charge in [-0.3, -0.25) is 0 Å². The second-order valence-corrected chi connectivity index (χ2v) is 4.82. The summed E-state index contributed by atoms with van der Waals surface area (Å²) in [6.07, 6.45) is 3.56. The lowest BCUT2D eigenvalue weighted by atomic mass is 10.1. The first-order chi connectivity index (χ1) is 9.83. The van der Waals surface area contributed by atoms with Crippen LogP contribution in [-0.2, 0) is 0 Å². The minimum atomic E-state index is 0.771. The molecule has 2 aromatic heterocycles. The number of furan rings is 1. The Balaban J connectivity index is 2.31. The summed E-state index contributed by atoms with van der Waals surface area (Å²) in [7, 11) is 0. The van der Waals surface area contributed by atoms with Crippen LogP contribution in [0, 0.1) is 0 Å². The third kappa shape index (κ3) is 1.28. The van der Waals surface area contributed by atoms with E-state index in [2.05, 4.69) is 42.4 Å². The first kappa shape index (κ1) is 11.1. The Hall–Kier alpha value is -2.74. The average molecular weight is 259 g/mol. The largest absolute Gasteiger partial charge is 0.455 e. The zero-order valence-electron chi connectivity index (χ0n) is 10.9. The van der Waals surface area contributed by atoms with Crippen molar-refractivity contribution in [1.82, 2.24) is 4.98 Å². The van der Waals surface area contributed by atoms with E-state index in [1.54, 1.807) is 6.08 Å². The van der Waals surface area contributed by atoms with Gasteiger partial charge < -0.3 is 9.40 Å². The minimum absolute atomic E-state index is 0.771. The zero-order chi connectivity index (χ0) is 13.7. The molecule has 2 heterocycles. The molecule has 1 N–H and O–H groups in total. The summed E-state index contributed by atoms with van der Waals surface area (Å²) >= 11 is 0. The standard InChI is InChI=1S/C18H13NO/c1-3-11-12-9-10-15-17(18(12)20-16(11)4-2)13-7-5-6-8-14(13)19-15/h3-10,19H,1-2H2. The molecule has 0 radical (unpaired) electrons. The van der Waals surface area contributed by atoms with Crippen molar-refractivity contribution < 1.29 is 4.42 Å². The quantitative estimate of drug-likeness (QED) is 0.516. The molecular weight excluding hydrogens is 246 g/mol. The van der Waals surface area contributed by atoms with Gasteiger partial charge in [0.25, 0.3) is 0 Å². The molecule has 20 heavy (non-hydrogen) atoms. The Bertz CT molecular complexity index is 985. The zero-order valence-corrected chi connectivity index (χ0v) is 10.9. The molecule has 0 spiro atoms. The van der Waals surface area contributed by atoms with E-state index in [0.29, 0.717) is 0 Å². The fourth-order valence-electron chi connectivity index (χ4n) is 2.89. The van der Waals surface area contributed by atoms with Crippen LogP contribution in [0.3, 0.4) is 0 Å². The summed E-state index contributed by atoms with van der Waals surface area (Å²) in [4.78, 5) is 3.42. The van der Waals surface area contributed by atoms with Crippen LogP contribution in [0.15, 0.2) is 54.0 Å². The van der Waals surface area contributed by atoms with Crippen molar-refractivity contribution in [1.29, 1.82) is 0 Å². The van der Waals surface area contributed by atoms with E-state index in [1.807, 2.05) is 18.2 Å². The van der Waals surface area contributed by atoms with Crippen molar-refractivity contribution in [3.8, 4) is 0 Å². The third-order valence-corrected chi connectivity index (χ3v) is 3.78. The maximum atomic E-state index is 6.01. The number of rotatable bonds is 2. The maximum absolute atomic E-state index is 6.01. The molecule has 4 aromatic rings. The van der Waals surface area contributed by atoms with Gasteiger partial charge >= 0.3 is 0 Å². The Morgan fingerprint density at radius 1 is 0.900 bits per heavy atom. The summed E-state index contributed by atoms with van der Waals surface area (Å²) in [5, 5.41) is 3.37. The number of para-hydroxylation sites is 1. The summed E-state index contributed by atoms with van der Waals surface area (Å²) in [6.45, 7) is 7.69. The number of hydrogen-bond donors (Lipinski definition) is 1. The summed E-state index contributed by atoms with van der Waals surface area (Å²) in [6, 6.07) is 12.4. The highest BCUT2D eigenvalue weighted by atomic mass is 16.3. The van der Waals surface area contributed by atoms with E-state index in [1.165, 1.54) is 5.39 Å². The highest BCUT2D eigenvalue weighted by Crippen LogP contribution is 2.36. The molecule has 0 saturated heterocycles. The molecular formula is C18H13NO. The van der Waals surface area contributed by atoms with Gasteiger partial charge in [0.2, 0.25) is 0 Å². The Morgan fingerprint density at radius 3 is 2.55 bits per heavy atom. The predicted molar refractivity (Wildman–Crippen MR) is 85.8 cm³/mol. The van der Waals surface area contributed by atoms with Gasteiger partial charge in [0.15, 0.2) is 0 Å². The van der Waals surface area contributed by atoms with Crippen LogP contribution in [0.25, 0.3) is 44.9 Å². The first-order valence-corrected chi connectivity index (χ1v) is 6.54. The van der Waals surface area contributed by atoms with Crippen LogP contribution >= 0.6 is 0 Å². The highest BCUT2D eigenvalue weighted by molar-refractivity contribution is 6.19. The van der Waals surface area contributed by atoms with Crippen LogP contribution in [0.1, 0.15) is 11.3 Å². The van der Waals surface area contributed by atoms with Gasteiger partial charge in [-0.25, -0.2) is 0 Å². The molecule has 2 nitrogen and oxygen atoms in total. The van der Waals surface area contributed by atoms with E-state index in [-0.39, 0.29) is 0 Å². The first-order valence-electron chi connectivity index (χ1n) is 6.54. The Morgan fingerprint density at radius 2 is 1.75 bits per heavy atom. The van der Waals surface area contributed by atoms with Gasteiger partial charge in [0, 0.05) is 21.9 Å². The molecule has 0 unspecified atom stereocenters. The van der Waals surface area contributed by atoms with Gasteiger partial charge in [0.05, 0.1) is 10.9 Å². The van der Waals surface area contributed by atoms with E-state index >= 15 is 0 Å². The second-order valence-electron chi connectivity index (χ2n) is 4.82. The number of hydrogen-bond acceptors (Lipinski definition) is 1. The minimum Gasteiger partial charge on any atom is -0.455 e. The van der Waals surface area contributed by atoms with Gasteiger partial charge in [0.1, 0.15) is 11.3 Å². The van der Waals surface area contributed by atoms with Gasteiger partial charge in [-0.2, -0.15) is 0 Å². The van der Waals surface area contributed by atoms with E-state index < -0.39 is 0 Å². The lowest BCUT2D eigenvalue weighted by Crippen LogP contribution is -1.72. The predicted octanol–water partition coefficient (Wildman–Crippen LogP) is 5.35. The van der Waals surface area contributed by atoms with Crippen LogP contribution in [0.4, 0.5) is 0 Å². The number of aromatic amines is 1. The van der Waals surface area contributed by atoms with Crippen molar-refractivity contribution in [3.63, 3.8) is 0 Å². The molecule has 0 aliphatic rings. The molecule has 0 saturated carbocycles. The lowest BCUT2D eigenvalue weighted by molar-refractivity contribution is 0.607. The normalized spacial score (nSPS) is 11.4. The number of aromatic nitrogens is 1. The van der Waals surface area contributed by atoms with Gasteiger partial charge in [-0.15, -0.1) is 0 Å². The molecule has 96 valence electrons. The molecule has 2 aromatic carbocycles. The number of nitrogens with one attached hydrogen (secondary N) is 1. The molecule has 2 heteroatoms. The molecule has 0 fully saturated rings.